The number of hydrogen-bond donors (Lipinski definition) is 1. The first-order valence-electron chi connectivity index (χ1n) is 9.02. The second-order valence-electron chi connectivity index (χ2n) is 6.71. The second-order valence-corrected chi connectivity index (χ2v) is 6.71. The van der Waals surface area contributed by atoms with E-state index in [1.807, 2.05) is 38.1 Å². The van der Waals surface area contributed by atoms with Crippen LogP contribution in [0.3, 0.4) is 0 Å². The van der Waals surface area contributed by atoms with E-state index in [1.54, 1.807) is 12.1 Å². The van der Waals surface area contributed by atoms with Crippen LogP contribution in [0.2, 0.25) is 0 Å². The van der Waals surface area contributed by atoms with Crippen molar-refractivity contribution in [3.8, 4) is 5.75 Å². The van der Waals surface area contributed by atoms with Crippen LogP contribution in [-0.2, 0) is 11.2 Å². The summed E-state index contributed by atoms with van der Waals surface area (Å²) in [6, 6.07) is 12.7. The third-order valence-electron chi connectivity index (χ3n) is 4.20. The van der Waals surface area contributed by atoms with Gasteiger partial charge in [-0.1, -0.05) is 19.4 Å². The number of fused-ring (bicyclic) bond motifs is 1. The Morgan fingerprint density at radius 3 is 2.52 bits per heavy atom. The summed E-state index contributed by atoms with van der Waals surface area (Å²) in [4.78, 5) is 23.9. The van der Waals surface area contributed by atoms with E-state index in [-0.39, 0.29) is 18.1 Å². The molecule has 0 unspecified atom stereocenters. The molecule has 0 radical (unpaired) electrons. The van der Waals surface area contributed by atoms with Crippen molar-refractivity contribution in [3.05, 3.63) is 69.6 Å². The SMILES string of the molecule is CCCc1cc(=O)oc2cc(OCC(=O)Nc3cc(C)cc(C)c3)ccc12. The summed E-state index contributed by atoms with van der Waals surface area (Å²) < 4.78 is 10.9. The van der Waals surface area contributed by atoms with E-state index in [0.29, 0.717) is 11.3 Å². The van der Waals surface area contributed by atoms with Gasteiger partial charge in [0.2, 0.25) is 0 Å². The van der Waals surface area contributed by atoms with Gasteiger partial charge >= 0.3 is 5.63 Å². The van der Waals surface area contributed by atoms with Crippen LogP contribution in [0.15, 0.2) is 51.7 Å². The molecule has 0 atom stereocenters. The number of carbonyl (C=O) groups excluding carboxylic acids is 1. The van der Waals surface area contributed by atoms with E-state index in [1.165, 1.54) is 6.07 Å². The van der Waals surface area contributed by atoms with Gasteiger partial charge in [0.05, 0.1) is 0 Å². The molecule has 5 nitrogen and oxygen atoms in total. The predicted octanol–water partition coefficient (Wildman–Crippen LogP) is 4.38. The Morgan fingerprint density at radius 2 is 1.81 bits per heavy atom. The number of benzene rings is 2. The van der Waals surface area contributed by atoms with Crippen molar-refractivity contribution in [3.63, 3.8) is 0 Å². The molecule has 0 saturated carbocycles. The van der Waals surface area contributed by atoms with Gasteiger partial charge in [-0.15, -0.1) is 0 Å². The molecule has 3 aromatic rings. The Morgan fingerprint density at radius 1 is 1.07 bits per heavy atom. The smallest absolute Gasteiger partial charge is 0.336 e. The zero-order valence-electron chi connectivity index (χ0n) is 15.8. The number of nitrogens with one attached hydrogen (secondary N) is 1. The van der Waals surface area contributed by atoms with Crippen LogP contribution in [-0.4, -0.2) is 12.5 Å². The molecule has 0 aliphatic heterocycles. The molecule has 0 spiro atoms. The molecule has 3 rings (SSSR count). The molecule has 0 fully saturated rings. The van der Waals surface area contributed by atoms with Gasteiger partial charge < -0.3 is 14.5 Å². The Kier molecular flexibility index (Phi) is 5.60. The van der Waals surface area contributed by atoms with Crippen LogP contribution in [0, 0.1) is 13.8 Å². The van der Waals surface area contributed by atoms with Crippen molar-refractivity contribution in [1.29, 1.82) is 0 Å². The Hall–Kier alpha value is -3.08. The molecule has 1 amide bonds. The van der Waals surface area contributed by atoms with Crippen LogP contribution in [0.25, 0.3) is 11.0 Å². The lowest BCUT2D eigenvalue weighted by Gasteiger charge is -2.10. The molecular formula is C22H23NO4. The molecule has 0 bridgehead atoms. The molecule has 140 valence electrons. The van der Waals surface area contributed by atoms with E-state index < -0.39 is 0 Å². The summed E-state index contributed by atoms with van der Waals surface area (Å²) in [6.45, 7) is 5.90. The average Bonchev–Trinajstić information content (AvgIpc) is 2.59. The van der Waals surface area contributed by atoms with Gasteiger partial charge in [0.1, 0.15) is 11.3 Å². The topological polar surface area (TPSA) is 68.5 Å². The first-order chi connectivity index (χ1) is 12.9. The highest BCUT2D eigenvalue weighted by Crippen LogP contribution is 2.23. The minimum atomic E-state index is -0.379. The molecule has 2 aromatic carbocycles. The van der Waals surface area contributed by atoms with Gasteiger partial charge in [-0.3, -0.25) is 4.79 Å². The average molecular weight is 365 g/mol. The van der Waals surface area contributed by atoms with Gasteiger partial charge in [-0.25, -0.2) is 4.79 Å². The molecule has 1 heterocycles. The third kappa shape index (κ3) is 4.76. The zero-order valence-corrected chi connectivity index (χ0v) is 15.8. The summed E-state index contributed by atoms with van der Waals surface area (Å²) in [7, 11) is 0. The number of amides is 1. The fourth-order valence-corrected chi connectivity index (χ4v) is 3.17. The summed E-state index contributed by atoms with van der Waals surface area (Å²) in [5.41, 5.74) is 3.96. The van der Waals surface area contributed by atoms with Crippen LogP contribution in [0.4, 0.5) is 5.69 Å². The van der Waals surface area contributed by atoms with Crippen molar-refractivity contribution >= 4 is 22.6 Å². The van der Waals surface area contributed by atoms with Gasteiger partial charge in [-0.05, 0) is 61.2 Å². The molecule has 5 heteroatoms. The van der Waals surface area contributed by atoms with E-state index in [2.05, 4.69) is 12.2 Å². The van der Waals surface area contributed by atoms with E-state index in [4.69, 9.17) is 9.15 Å². The van der Waals surface area contributed by atoms with Crippen LogP contribution in [0.5, 0.6) is 5.75 Å². The lowest BCUT2D eigenvalue weighted by Crippen LogP contribution is -2.20. The number of hydrogen-bond acceptors (Lipinski definition) is 4. The van der Waals surface area contributed by atoms with E-state index in [0.717, 1.165) is 40.6 Å². The highest BCUT2D eigenvalue weighted by Gasteiger charge is 2.09. The number of aryl methyl sites for hydroxylation is 3. The second kappa shape index (κ2) is 8.08. The fraction of sp³-hybridized carbons (Fsp3) is 0.273. The molecule has 1 N–H and O–H groups in total. The molecule has 0 saturated heterocycles. The Bertz CT molecular complexity index is 1020. The summed E-state index contributed by atoms with van der Waals surface area (Å²) in [6.07, 6.45) is 1.75. The Balaban J connectivity index is 1.71. The highest BCUT2D eigenvalue weighted by atomic mass is 16.5. The first-order valence-corrected chi connectivity index (χ1v) is 9.02. The number of carbonyl (C=O) groups is 1. The summed E-state index contributed by atoms with van der Waals surface area (Å²) in [5.74, 6) is 0.233. The molecule has 0 aliphatic carbocycles. The monoisotopic (exact) mass is 365 g/mol. The molecule has 27 heavy (non-hydrogen) atoms. The number of anilines is 1. The van der Waals surface area contributed by atoms with Crippen LogP contribution in [0.1, 0.15) is 30.0 Å². The van der Waals surface area contributed by atoms with E-state index >= 15 is 0 Å². The fourth-order valence-electron chi connectivity index (χ4n) is 3.17. The number of ether oxygens (including phenoxy) is 1. The lowest BCUT2D eigenvalue weighted by atomic mass is 10.1. The molecule has 0 aliphatic rings. The van der Waals surface area contributed by atoms with Crippen molar-refractivity contribution in [2.24, 2.45) is 0 Å². The van der Waals surface area contributed by atoms with Crippen molar-refractivity contribution < 1.29 is 13.9 Å². The van der Waals surface area contributed by atoms with Crippen molar-refractivity contribution in [1.82, 2.24) is 0 Å². The summed E-state index contributed by atoms with van der Waals surface area (Å²) in [5, 5.41) is 3.72. The first kappa shape index (κ1) is 18.7. The maximum atomic E-state index is 12.2. The third-order valence-corrected chi connectivity index (χ3v) is 4.20. The minimum absolute atomic E-state index is 0.128. The highest BCUT2D eigenvalue weighted by molar-refractivity contribution is 5.92. The maximum absolute atomic E-state index is 12.2. The normalized spacial score (nSPS) is 10.8. The quantitative estimate of drug-likeness (QED) is 0.658. The maximum Gasteiger partial charge on any atom is 0.336 e. The standard InChI is InChI=1S/C22H23NO4/c1-4-5-16-11-22(25)27-20-12-18(6-7-19(16)20)26-13-21(24)23-17-9-14(2)8-15(3)10-17/h6-12H,4-5,13H2,1-3H3,(H,23,24). The van der Waals surface area contributed by atoms with E-state index in [9.17, 15) is 9.59 Å². The minimum Gasteiger partial charge on any atom is -0.484 e. The largest absolute Gasteiger partial charge is 0.484 e. The van der Waals surface area contributed by atoms with Crippen molar-refractivity contribution in [2.75, 3.05) is 11.9 Å². The van der Waals surface area contributed by atoms with Crippen LogP contribution < -0.4 is 15.7 Å². The lowest BCUT2D eigenvalue weighted by molar-refractivity contribution is -0.118. The molecular weight excluding hydrogens is 342 g/mol. The van der Waals surface area contributed by atoms with Gasteiger partial charge in [0.25, 0.3) is 5.91 Å². The van der Waals surface area contributed by atoms with Gasteiger partial charge in [0, 0.05) is 23.2 Å². The van der Waals surface area contributed by atoms with Crippen LogP contribution >= 0.6 is 0 Å². The number of rotatable bonds is 6. The Labute approximate surface area is 158 Å². The summed E-state index contributed by atoms with van der Waals surface area (Å²) >= 11 is 0. The van der Waals surface area contributed by atoms with Gasteiger partial charge in [0.15, 0.2) is 6.61 Å². The van der Waals surface area contributed by atoms with Crippen molar-refractivity contribution in [2.45, 2.75) is 33.6 Å². The molecule has 1 aromatic heterocycles. The van der Waals surface area contributed by atoms with Gasteiger partial charge in [-0.2, -0.15) is 0 Å². The zero-order chi connectivity index (χ0) is 19.4. The predicted molar refractivity (Wildman–Crippen MR) is 107 cm³/mol.